The van der Waals surface area contributed by atoms with Gasteiger partial charge in [0.2, 0.25) is 10.0 Å². The molecule has 1 heterocycles. The van der Waals surface area contributed by atoms with Crippen molar-refractivity contribution in [1.82, 2.24) is 4.72 Å². The van der Waals surface area contributed by atoms with Gasteiger partial charge in [-0.1, -0.05) is 0 Å². The predicted octanol–water partition coefficient (Wildman–Crippen LogP) is 3.30. The number of anilines is 1. The number of hydrogen-bond donors (Lipinski definition) is 2. The fourth-order valence-corrected chi connectivity index (χ4v) is 4.59. The molecule has 3 rings (SSSR count). The van der Waals surface area contributed by atoms with Crippen LogP contribution in [0.5, 0.6) is 5.75 Å². The van der Waals surface area contributed by atoms with E-state index in [1.165, 1.54) is 12.1 Å². The molecule has 0 saturated carbocycles. The maximum Gasteiger partial charge on any atom is 0.241 e. The zero-order chi connectivity index (χ0) is 18.4. The van der Waals surface area contributed by atoms with Crippen molar-refractivity contribution in [2.24, 2.45) is 0 Å². The molecule has 2 aromatic rings. The minimum absolute atomic E-state index is 0.0589. The van der Waals surface area contributed by atoms with Crippen LogP contribution >= 0.6 is 0 Å². The van der Waals surface area contributed by atoms with E-state index in [9.17, 15) is 12.8 Å². The normalized spacial score (nSPS) is 19.1. The average molecular weight is 364 g/mol. The van der Waals surface area contributed by atoms with Gasteiger partial charge >= 0.3 is 0 Å². The number of halogens is 1. The summed E-state index contributed by atoms with van der Waals surface area (Å²) >= 11 is 0. The predicted molar refractivity (Wildman–Crippen MR) is 94.4 cm³/mol. The van der Waals surface area contributed by atoms with Gasteiger partial charge in [-0.2, -0.15) is 0 Å². The van der Waals surface area contributed by atoms with Crippen molar-refractivity contribution in [3.8, 4) is 5.75 Å². The average Bonchev–Trinajstić information content (AvgIpc) is 2.46. The van der Waals surface area contributed by atoms with E-state index in [1.54, 1.807) is 25.1 Å². The van der Waals surface area contributed by atoms with E-state index < -0.39 is 27.5 Å². The van der Waals surface area contributed by atoms with Gasteiger partial charge in [0.15, 0.2) is 0 Å². The first kappa shape index (κ1) is 17.7. The Balaban J connectivity index is 2.00. The highest BCUT2D eigenvalue weighted by Crippen LogP contribution is 2.41. The van der Waals surface area contributed by atoms with Crippen molar-refractivity contribution in [2.45, 2.75) is 43.7 Å². The Morgan fingerprint density at radius 3 is 2.64 bits per heavy atom. The molecular weight excluding hydrogens is 343 g/mol. The van der Waals surface area contributed by atoms with Crippen molar-refractivity contribution in [3.05, 3.63) is 53.3 Å². The molecule has 1 aliphatic rings. The van der Waals surface area contributed by atoms with Crippen molar-refractivity contribution < 1.29 is 17.5 Å². The van der Waals surface area contributed by atoms with Gasteiger partial charge in [-0.15, -0.1) is 0 Å². The molecule has 1 unspecified atom stereocenters. The lowest BCUT2D eigenvalue weighted by molar-refractivity contribution is 0.0702. The molecule has 0 aromatic heterocycles. The zero-order valence-corrected chi connectivity index (χ0v) is 15.2. The first-order valence-corrected chi connectivity index (χ1v) is 9.43. The Hall–Kier alpha value is -2.12. The number of fused-ring (bicyclic) bond motifs is 1. The molecule has 1 aliphatic heterocycles. The lowest BCUT2D eigenvalue weighted by atomic mass is 9.90. The molecule has 134 valence electrons. The topological polar surface area (TPSA) is 81.4 Å². The number of nitrogens with two attached hydrogens (primary N) is 1. The molecule has 0 aliphatic carbocycles. The van der Waals surface area contributed by atoms with Crippen LogP contribution in [-0.2, 0) is 10.0 Å². The minimum Gasteiger partial charge on any atom is -0.487 e. The van der Waals surface area contributed by atoms with Gasteiger partial charge in [0, 0.05) is 17.7 Å². The lowest BCUT2D eigenvalue weighted by Crippen LogP contribution is -2.41. The van der Waals surface area contributed by atoms with Crippen LogP contribution in [0.3, 0.4) is 0 Å². The van der Waals surface area contributed by atoms with E-state index in [2.05, 4.69) is 4.72 Å². The molecule has 25 heavy (non-hydrogen) atoms. The molecule has 3 N–H and O–H groups in total. The fraction of sp³-hybridized carbons (Fsp3) is 0.333. The number of rotatable bonds is 3. The Labute approximate surface area is 147 Å². The standard InChI is InChI=1S/C18H21FN2O3S/c1-11-8-12(19)4-7-17(11)25(22,23)21-15-10-18(2,3)24-16-6-5-13(20)9-14(15)16/h4-9,15,21H,10,20H2,1-3H3. The molecule has 7 heteroatoms. The van der Waals surface area contributed by atoms with Crippen molar-refractivity contribution >= 4 is 15.7 Å². The first-order valence-electron chi connectivity index (χ1n) is 7.94. The summed E-state index contributed by atoms with van der Waals surface area (Å²) in [5.41, 5.74) is 6.90. The summed E-state index contributed by atoms with van der Waals surface area (Å²) in [5, 5.41) is 0. The SMILES string of the molecule is Cc1cc(F)ccc1S(=O)(=O)NC1CC(C)(C)Oc2ccc(N)cc21. The third-order valence-corrected chi connectivity index (χ3v) is 5.85. The van der Waals surface area contributed by atoms with Crippen LogP contribution < -0.4 is 15.2 Å². The van der Waals surface area contributed by atoms with Crippen LogP contribution in [0.25, 0.3) is 0 Å². The fourth-order valence-electron chi connectivity index (χ4n) is 3.14. The Morgan fingerprint density at radius 2 is 1.96 bits per heavy atom. The lowest BCUT2D eigenvalue weighted by Gasteiger charge is -2.38. The quantitative estimate of drug-likeness (QED) is 0.819. The van der Waals surface area contributed by atoms with E-state index >= 15 is 0 Å². The molecule has 0 amide bonds. The van der Waals surface area contributed by atoms with Crippen LogP contribution in [0.15, 0.2) is 41.3 Å². The van der Waals surface area contributed by atoms with Crippen LogP contribution in [0.4, 0.5) is 10.1 Å². The number of nitrogens with one attached hydrogen (secondary N) is 1. The molecule has 1 atom stereocenters. The maximum absolute atomic E-state index is 13.3. The monoisotopic (exact) mass is 364 g/mol. The van der Waals surface area contributed by atoms with E-state index in [1.807, 2.05) is 13.8 Å². The molecular formula is C18H21FN2O3S. The van der Waals surface area contributed by atoms with Gasteiger partial charge in [-0.25, -0.2) is 17.5 Å². The largest absolute Gasteiger partial charge is 0.487 e. The number of nitrogen functional groups attached to an aromatic ring is 1. The zero-order valence-electron chi connectivity index (χ0n) is 14.3. The summed E-state index contributed by atoms with van der Waals surface area (Å²) in [4.78, 5) is 0.0589. The molecule has 0 bridgehead atoms. The summed E-state index contributed by atoms with van der Waals surface area (Å²) in [6, 6.07) is 8.31. The Morgan fingerprint density at radius 1 is 1.24 bits per heavy atom. The Kier molecular flexibility index (Phi) is 4.25. The first-order chi connectivity index (χ1) is 11.6. The van der Waals surface area contributed by atoms with Crippen molar-refractivity contribution in [1.29, 1.82) is 0 Å². The van der Waals surface area contributed by atoms with Crippen LogP contribution in [0.2, 0.25) is 0 Å². The van der Waals surface area contributed by atoms with Gasteiger partial charge in [0.05, 0.1) is 10.9 Å². The van der Waals surface area contributed by atoms with Gasteiger partial charge < -0.3 is 10.5 Å². The molecule has 2 aromatic carbocycles. The van der Waals surface area contributed by atoms with E-state index in [4.69, 9.17) is 10.5 Å². The van der Waals surface area contributed by atoms with Crippen LogP contribution in [0.1, 0.15) is 37.4 Å². The molecule has 0 fully saturated rings. The van der Waals surface area contributed by atoms with Gasteiger partial charge in [-0.3, -0.25) is 0 Å². The Bertz CT molecular complexity index is 926. The minimum atomic E-state index is -3.83. The highest BCUT2D eigenvalue weighted by Gasteiger charge is 2.36. The number of aryl methyl sites for hydroxylation is 1. The molecule has 5 nitrogen and oxygen atoms in total. The van der Waals surface area contributed by atoms with Gasteiger partial charge in [0.25, 0.3) is 0 Å². The summed E-state index contributed by atoms with van der Waals surface area (Å²) in [6.07, 6.45) is 0.447. The number of sulfonamides is 1. The van der Waals surface area contributed by atoms with Crippen LogP contribution in [-0.4, -0.2) is 14.0 Å². The number of benzene rings is 2. The summed E-state index contributed by atoms with van der Waals surface area (Å²) in [5.74, 6) is 0.135. The van der Waals surface area contributed by atoms with Gasteiger partial charge in [0.1, 0.15) is 17.2 Å². The van der Waals surface area contributed by atoms with Crippen molar-refractivity contribution in [2.75, 3.05) is 5.73 Å². The number of hydrogen-bond acceptors (Lipinski definition) is 4. The van der Waals surface area contributed by atoms with E-state index in [0.717, 1.165) is 6.07 Å². The van der Waals surface area contributed by atoms with E-state index in [0.29, 0.717) is 29.0 Å². The van der Waals surface area contributed by atoms with Crippen LogP contribution in [0, 0.1) is 12.7 Å². The second-order valence-electron chi connectivity index (χ2n) is 6.95. The van der Waals surface area contributed by atoms with E-state index in [-0.39, 0.29) is 4.90 Å². The number of ether oxygens (including phenoxy) is 1. The third kappa shape index (κ3) is 3.62. The molecule has 0 radical (unpaired) electrons. The summed E-state index contributed by atoms with van der Waals surface area (Å²) in [6.45, 7) is 5.37. The molecule has 0 saturated heterocycles. The third-order valence-electron chi connectivity index (χ3n) is 4.22. The highest BCUT2D eigenvalue weighted by atomic mass is 32.2. The second-order valence-corrected chi connectivity index (χ2v) is 8.63. The second kappa shape index (κ2) is 6.00. The maximum atomic E-state index is 13.3. The van der Waals surface area contributed by atoms with Gasteiger partial charge in [-0.05, 0) is 62.7 Å². The smallest absolute Gasteiger partial charge is 0.241 e. The highest BCUT2D eigenvalue weighted by molar-refractivity contribution is 7.89. The van der Waals surface area contributed by atoms with Crippen molar-refractivity contribution in [3.63, 3.8) is 0 Å². The summed E-state index contributed by atoms with van der Waals surface area (Å²) in [7, 11) is -3.83. The molecule has 0 spiro atoms. The summed E-state index contributed by atoms with van der Waals surface area (Å²) < 4.78 is 47.6.